The zero-order chi connectivity index (χ0) is 22.6. The van der Waals surface area contributed by atoms with E-state index < -0.39 is 40.5 Å². The quantitative estimate of drug-likeness (QED) is 0.148. The molecule has 158 valence electrons. The van der Waals surface area contributed by atoms with E-state index in [-0.39, 0.29) is 11.6 Å². The molecule has 5 aromatic rings. The van der Waals surface area contributed by atoms with Gasteiger partial charge in [-0.05, 0) is 44.8 Å². The second kappa shape index (κ2) is 7.41. The average molecular weight is 438 g/mol. The van der Waals surface area contributed by atoms with Crippen molar-refractivity contribution in [1.82, 2.24) is 0 Å². The third-order valence-electron chi connectivity index (χ3n) is 5.50. The minimum absolute atomic E-state index is 0.0315. The van der Waals surface area contributed by atoms with Crippen LogP contribution in [0.2, 0.25) is 0 Å². The van der Waals surface area contributed by atoms with E-state index >= 15 is 0 Å². The summed E-state index contributed by atoms with van der Waals surface area (Å²) in [5.74, 6) is -8.13. The topological polar surface area (TPSA) is 0 Å². The van der Waals surface area contributed by atoms with Gasteiger partial charge in [0.2, 0.25) is 0 Å². The van der Waals surface area contributed by atoms with Gasteiger partial charge in [-0.2, -0.15) is 0 Å². The molecule has 5 aromatic carbocycles. The first-order valence-electron chi connectivity index (χ1n) is 9.60. The van der Waals surface area contributed by atoms with Crippen molar-refractivity contribution in [2.24, 2.45) is 0 Å². The van der Waals surface area contributed by atoms with E-state index in [4.69, 9.17) is 0 Å². The van der Waals surface area contributed by atoms with Crippen LogP contribution in [0.25, 0.3) is 43.8 Å². The van der Waals surface area contributed by atoms with Crippen molar-refractivity contribution in [2.75, 3.05) is 0 Å². The molecule has 0 unspecified atom stereocenters. The van der Waals surface area contributed by atoms with Crippen LogP contribution in [-0.4, -0.2) is 0 Å². The van der Waals surface area contributed by atoms with Crippen molar-refractivity contribution in [3.63, 3.8) is 0 Å². The van der Waals surface area contributed by atoms with Gasteiger partial charge in [0.1, 0.15) is 0 Å². The normalized spacial score (nSPS) is 11.4. The van der Waals surface area contributed by atoms with E-state index in [2.05, 4.69) is 0 Å². The van der Waals surface area contributed by atoms with Crippen molar-refractivity contribution in [2.45, 2.75) is 0 Å². The number of halogens is 6. The predicted molar refractivity (Wildman–Crippen MR) is 112 cm³/mol. The van der Waals surface area contributed by atoms with E-state index in [0.29, 0.717) is 32.7 Å². The van der Waals surface area contributed by atoms with Crippen LogP contribution in [0.15, 0.2) is 72.8 Å². The van der Waals surface area contributed by atoms with Crippen molar-refractivity contribution in [1.29, 1.82) is 0 Å². The maximum Gasteiger partial charge on any atom is 0.169 e. The lowest BCUT2D eigenvalue weighted by molar-refractivity contribution is 0.458. The fraction of sp³-hybridized carbons (Fsp3) is 0. The average Bonchev–Trinajstić information content (AvgIpc) is 2.79. The molecule has 0 nitrogen and oxygen atoms in total. The van der Waals surface area contributed by atoms with Crippen LogP contribution in [0.1, 0.15) is 0 Å². The molecule has 0 aliphatic heterocycles. The number of fused-ring (bicyclic) bond motifs is 2. The van der Waals surface area contributed by atoms with Crippen molar-refractivity contribution >= 4 is 21.5 Å². The van der Waals surface area contributed by atoms with E-state index in [9.17, 15) is 26.3 Å². The van der Waals surface area contributed by atoms with Gasteiger partial charge in [0.25, 0.3) is 0 Å². The zero-order valence-electron chi connectivity index (χ0n) is 16.2. The van der Waals surface area contributed by atoms with Crippen LogP contribution in [0.5, 0.6) is 0 Å². The molecule has 0 atom stereocenters. The molecule has 5 rings (SSSR count). The van der Waals surface area contributed by atoms with Crippen LogP contribution >= 0.6 is 0 Å². The van der Waals surface area contributed by atoms with Gasteiger partial charge in [-0.3, -0.25) is 0 Å². The number of hydrogen-bond acceptors (Lipinski definition) is 0. The van der Waals surface area contributed by atoms with Gasteiger partial charge in [0.15, 0.2) is 34.9 Å². The SMILES string of the molecule is Fc1ccc(-c2c3ccccc3c(-c3c(F)c(F)cc(F)c3F)c3ccccc23)cc1F. The van der Waals surface area contributed by atoms with Crippen LogP contribution in [0.3, 0.4) is 0 Å². The Bertz CT molecular complexity index is 1450. The highest BCUT2D eigenvalue weighted by atomic mass is 19.2. The molecule has 0 saturated carbocycles. The Balaban J connectivity index is 2.02. The van der Waals surface area contributed by atoms with Gasteiger partial charge in [-0.15, -0.1) is 0 Å². The van der Waals surface area contributed by atoms with Gasteiger partial charge in [0, 0.05) is 11.6 Å². The maximum atomic E-state index is 14.8. The summed E-state index contributed by atoms with van der Waals surface area (Å²) in [5, 5.41) is 1.51. The summed E-state index contributed by atoms with van der Waals surface area (Å²) in [4.78, 5) is 0. The zero-order valence-corrected chi connectivity index (χ0v) is 16.2. The molecule has 0 N–H and O–H groups in total. The van der Waals surface area contributed by atoms with Crippen LogP contribution in [0, 0.1) is 34.9 Å². The summed E-state index contributed by atoms with van der Waals surface area (Å²) in [6, 6.07) is 16.6. The second-order valence-corrected chi connectivity index (χ2v) is 7.31. The molecule has 0 amide bonds. The molecule has 0 saturated heterocycles. The van der Waals surface area contributed by atoms with E-state index in [1.165, 1.54) is 6.07 Å². The van der Waals surface area contributed by atoms with E-state index in [0.717, 1.165) is 12.1 Å². The Hall–Kier alpha value is -3.80. The monoisotopic (exact) mass is 438 g/mol. The van der Waals surface area contributed by atoms with E-state index in [1.807, 2.05) is 0 Å². The summed E-state index contributed by atoms with van der Waals surface area (Å²) >= 11 is 0. The molecule has 0 heterocycles. The number of hydrogen-bond donors (Lipinski definition) is 0. The third-order valence-corrected chi connectivity index (χ3v) is 5.50. The molecular formula is C26H12F6. The Morgan fingerprint density at radius 2 is 0.844 bits per heavy atom. The smallest absolute Gasteiger partial charge is 0.169 e. The lowest BCUT2D eigenvalue weighted by Crippen LogP contribution is -2.00. The van der Waals surface area contributed by atoms with Crippen molar-refractivity contribution < 1.29 is 26.3 Å². The summed E-state index contributed by atoms with van der Waals surface area (Å²) in [6.07, 6.45) is 0. The molecule has 0 aliphatic rings. The van der Waals surface area contributed by atoms with Gasteiger partial charge in [-0.1, -0.05) is 54.6 Å². The highest BCUT2D eigenvalue weighted by Crippen LogP contribution is 2.45. The van der Waals surface area contributed by atoms with Crippen molar-refractivity contribution in [3.05, 3.63) is 108 Å². The minimum Gasteiger partial charge on any atom is -0.204 e. The molecule has 6 heteroatoms. The Morgan fingerprint density at radius 3 is 1.31 bits per heavy atom. The first kappa shape index (κ1) is 20.1. The first-order chi connectivity index (χ1) is 15.4. The third kappa shape index (κ3) is 2.94. The van der Waals surface area contributed by atoms with Gasteiger partial charge in [-0.25, -0.2) is 26.3 Å². The van der Waals surface area contributed by atoms with Crippen molar-refractivity contribution in [3.8, 4) is 22.3 Å². The van der Waals surface area contributed by atoms with Gasteiger partial charge < -0.3 is 0 Å². The fourth-order valence-electron chi connectivity index (χ4n) is 4.15. The Labute approximate surface area is 178 Å². The first-order valence-corrected chi connectivity index (χ1v) is 9.60. The minimum atomic E-state index is -1.52. The molecule has 0 spiro atoms. The Kier molecular flexibility index (Phi) is 4.66. The summed E-state index contributed by atoms with van der Waals surface area (Å²) < 4.78 is 85.4. The summed E-state index contributed by atoms with van der Waals surface area (Å²) in [5.41, 5.74) is -0.0200. The predicted octanol–water partition coefficient (Wildman–Crippen LogP) is 8.16. The Morgan fingerprint density at radius 1 is 0.375 bits per heavy atom. The molecule has 0 bridgehead atoms. The summed E-state index contributed by atoms with van der Waals surface area (Å²) in [6.45, 7) is 0. The van der Waals surface area contributed by atoms with Gasteiger partial charge in [0.05, 0.1) is 5.56 Å². The molecular weight excluding hydrogens is 426 g/mol. The fourth-order valence-corrected chi connectivity index (χ4v) is 4.15. The molecule has 0 aromatic heterocycles. The molecule has 0 aliphatic carbocycles. The maximum absolute atomic E-state index is 14.8. The lowest BCUT2D eigenvalue weighted by atomic mass is 9.85. The lowest BCUT2D eigenvalue weighted by Gasteiger charge is -2.18. The highest BCUT2D eigenvalue weighted by Gasteiger charge is 2.25. The molecule has 32 heavy (non-hydrogen) atoms. The highest BCUT2D eigenvalue weighted by molar-refractivity contribution is 6.21. The van der Waals surface area contributed by atoms with Crippen LogP contribution in [0.4, 0.5) is 26.3 Å². The van der Waals surface area contributed by atoms with Crippen LogP contribution in [-0.2, 0) is 0 Å². The second-order valence-electron chi connectivity index (χ2n) is 7.31. The standard InChI is InChI=1S/C26H12F6/c27-18-10-9-13(11-19(18)28)22-14-5-1-3-7-16(14)23(17-8-4-2-6-15(17)22)24-25(31)20(29)12-21(30)26(24)32/h1-12H. The van der Waals surface area contributed by atoms with Crippen LogP contribution < -0.4 is 0 Å². The number of benzene rings is 5. The largest absolute Gasteiger partial charge is 0.204 e. The van der Waals surface area contributed by atoms with E-state index in [1.54, 1.807) is 48.5 Å². The summed E-state index contributed by atoms with van der Waals surface area (Å²) in [7, 11) is 0. The molecule has 0 radical (unpaired) electrons. The van der Waals surface area contributed by atoms with Gasteiger partial charge >= 0.3 is 0 Å². The molecule has 0 fully saturated rings. The number of rotatable bonds is 2.